The Labute approximate surface area is 133 Å². The Bertz CT molecular complexity index is 677. The number of hydrogen-bond donors (Lipinski definition) is 2. The second kappa shape index (κ2) is 8.47. The summed E-state index contributed by atoms with van der Waals surface area (Å²) in [6.07, 6.45) is 1.04. The number of esters is 1. The molecule has 7 heteroatoms. The molecule has 0 unspecified atom stereocenters. The monoisotopic (exact) mass is 318 g/mol. The molecule has 0 bridgehead atoms. The predicted molar refractivity (Wildman–Crippen MR) is 85.0 cm³/mol. The third kappa shape index (κ3) is 4.77. The maximum atomic E-state index is 11.8. The van der Waals surface area contributed by atoms with Gasteiger partial charge >= 0.3 is 5.97 Å². The van der Waals surface area contributed by atoms with E-state index < -0.39 is 17.5 Å². The van der Waals surface area contributed by atoms with Gasteiger partial charge in [-0.2, -0.15) is 0 Å². The van der Waals surface area contributed by atoms with E-state index in [1.807, 2.05) is 0 Å². The van der Waals surface area contributed by atoms with E-state index in [1.54, 1.807) is 31.2 Å². The average molecular weight is 318 g/mol. The fourth-order valence-electron chi connectivity index (χ4n) is 1.68. The van der Waals surface area contributed by atoms with Crippen LogP contribution in [-0.4, -0.2) is 42.6 Å². The number of aliphatic imine (C=N–C) groups is 1. The van der Waals surface area contributed by atoms with E-state index in [2.05, 4.69) is 15.0 Å². The Morgan fingerprint density at radius 1 is 1.30 bits per heavy atom. The molecular formula is C16H18N2O5. The molecule has 1 amide bonds. The van der Waals surface area contributed by atoms with Gasteiger partial charge in [0, 0.05) is 13.3 Å². The normalized spacial score (nSPS) is 11.8. The molecule has 0 radical (unpaired) electrons. The van der Waals surface area contributed by atoms with Crippen LogP contribution in [0.15, 0.2) is 40.6 Å². The van der Waals surface area contributed by atoms with Crippen molar-refractivity contribution in [1.82, 2.24) is 5.32 Å². The van der Waals surface area contributed by atoms with Gasteiger partial charge in [-0.05, 0) is 26.0 Å². The van der Waals surface area contributed by atoms with Gasteiger partial charge in [-0.15, -0.1) is 0 Å². The van der Waals surface area contributed by atoms with Gasteiger partial charge in [-0.1, -0.05) is 12.1 Å². The minimum atomic E-state index is -1.01. The van der Waals surface area contributed by atoms with E-state index in [-0.39, 0.29) is 18.1 Å². The molecular weight excluding hydrogens is 300 g/mol. The van der Waals surface area contributed by atoms with Gasteiger partial charge in [0.15, 0.2) is 5.78 Å². The third-order valence-corrected chi connectivity index (χ3v) is 2.81. The average Bonchev–Trinajstić information content (AvgIpc) is 2.54. The first-order valence-electron chi connectivity index (χ1n) is 6.88. The molecule has 122 valence electrons. The predicted octanol–water partition coefficient (Wildman–Crippen LogP) is 1.71. The molecule has 0 saturated carbocycles. The van der Waals surface area contributed by atoms with Crippen LogP contribution in [0.1, 0.15) is 24.2 Å². The van der Waals surface area contributed by atoms with Crippen molar-refractivity contribution in [2.75, 3.05) is 13.7 Å². The van der Waals surface area contributed by atoms with E-state index in [0.717, 1.165) is 6.21 Å². The maximum absolute atomic E-state index is 11.8. The maximum Gasteiger partial charge on any atom is 0.374 e. The molecule has 0 saturated heterocycles. The molecule has 0 fully saturated rings. The Balaban J connectivity index is 3.24. The van der Waals surface area contributed by atoms with Crippen molar-refractivity contribution < 1.29 is 24.2 Å². The standard InChI is InChI=1S/C16H18N2O5/c1-4-23-16(22)14(20)12(10(2)19)9-18-13-8-6-5-7-11(13)15(21)17-3/h5-9,20H,4H2,1-3H3,(H,17,21)/b14-12-,18-9?. The summed E-state index contributed by atoms with van der Waals surface area (Å²) in [4.78, 5) is 38.9. The number of Topliss-reactive ketones (excluding diaryl/α,β-unsaturated/α-hetero) is 1. The zero-order chi connectivity index (χ0) is 17.4. The van der Waals surface area contributed by atoms with Crippen LogP contribution < -0.4 is 5.32 Å². The number of aliphatic hydroxyl groups excluding tert-OH is 1. The number of amides is 1. The highest BCUT2D eigenvalue weighted by Gasteiger charge is 2.18. The van der Waals surface area contributed by atoms with E-state index >= 15 is 0 Å². The number of carbonyl (C=O) groups is 3. The number of allylic oxidation sites excluding steroid dienone is 1. The Kier molecular flexibility index (Phi) is 6.67. The summed E-state index contributed by atoms with van der Waals surface area (Å²) in [5.41, 5.74) is 0.294. The summed E-state index contributed by atoms with van der Waals surface area (Å²) in [7, 11) is 1.48. The lowest BCUT2D eigenvalue weighted by Crippen LogP contribution is -2.17. The number of aliphatic hydroxyl groups is 1. The largest absolute Gasteiger partial charge is 0.501 e. The van der Waals surface area contributed by atoms with Crippen LogP contribution in [0.2, 0.25) is 0 Å². The fraction of sp³-hybridized carbons (Fsp3) is 0.250. The molecule has 23 heavy (non-hydrogen) atoms. The minimum absolute atomic E-state index is 0.0602. The Hall–Kier alpha value is -2.96. The van der Waals surface area contributed by atoms with Gasteiger partial charge in [-0.3, -0.25) is 14.6 Å². The highest BCUT2D eigenvalue weighted by atomic mass is 16.5. The quantitative estimate of drug-likeness (QED) is 0.359. The van der Waals surface area contributed by atoms with Crippen LogP contribution >= 0.6 is 0 Å². The van der Waals surface area contributed by atoms with Crippen LogP contribution in [0.3, 0.4) is 0 Å². The molecule has 0 aliphatic heterocycles. The van der Waals surface area contributed by atoms with Crippen LogP contribution in [-0.2, 0) is 14.3 Å². The van der Waals surface area contributed by atoms with Crippen LogP contribution in [0.5, 0.6) is 0 Å². The van der Waals surface area contributed by atoms with Crippen molar-refractivity contribution in [1.29, 1.82) is 0 Å². The highest BCUT2D eigenvalue weighted by Crippen LogP contribution is 2.19. The first-order valence-corrected chi connectivity index (χ1v) is 6.88. The first kappa shape index (κ1) is 18.1. The van der Waals surface area contributed by atoms with E-state index in [4.69, 9.17) is 0 Å². The molecule has 0 aliphatic rings. The van der Waals surface area contributed by atoms with Gasteiger partial charge < -0.3 is 15.2 Å². The lowest BCUT2D eigenvalue weighted by molar-refractivity contribution is -0.141. The molecule has 1 aromatic carbocycles. The SMILES string of the molecule is CCOC(=O)/C(O)=C(\C=Nc1ccccc1C(=O)NC)C(C)=O. The number of nitrogens with one attached hydrogen (secondary N) is 1. The van der Waals surface area contributed by atoms with Crippen molar-refractivity contribution in [2.45, 2.75) is 13.8 Å². The fourth-order valence-corrected chi connectivity index (χ4v) is 1.68. The smallest absolute Gasteiger partial charge is 0.374 e. The highest BCUT2D eigenvalue weighted by molar-refractivity contribution is 6.17. The second-order valence-electron chi connectivity index (χ2n) is 4.39. The van der Waals surface area contributed by atoms with Crippen LogP contribution in [0.25, 0.3) is 0 Å². The van der Waals surface area contributed by atoms with Gasteiger partial charge in [0.2, 0.25) is 5.76 Å². The van der Waals surface area contributed by atoms with E-state index in [9.17, 15) is 19.5 Å². The van der Waals surface area contributed by atoms with Crippen molar-refractivity contribution in [3.05, 3.63) is 41.2 Å². The van der Waals surface area contributed by atoms with Gasteiger partial charge in [-0.25, -0.2) is 4.79 Å². The first-order chi connectivity index (χ1) is 10.9. The molecule has 1 aromatic rings. The number of benzene rings is 1. The van der Waals surface area contributed by atoms with Crippen LogP contribution in [0, 0.1) is 0 Å². The zero-order valence-corrected chi connectivity index (χ0v) is 13.1. The molecule has 0 atom stereocenters. The summed E-state index contributed by atoms with van der Waals surface area (Å²) in [5, 5.41) is 12.3. The topological polar surface area (TPSA) is 105 Å². The summed E-state index contributed by atoms with van der Waals surface area (Å²) >= 11 is 0. The number of para-hydroxylation sites is 1. The van der Waals surface area contributed by atoms with Crippen molar-refractivity contribution in [3.63, 3.8) is 0 Å². The molecule has 2 N–H and O–H groups in total. The Morgan fingerprint density at radius 2 is 1.96 bits per heavy atom. The summed E-state index contributed by atoms with van der Waals surface area (Å²) in [6, 6.07) is 6.47. The lowest BCUT2D eigenvalue weighted by atomic mass is 10.1. The second-order valence-corrected chi connectivity index (χ2v) is 4.39. The number of rotatable bonds is 6. The molecule has 0 aromatic heterocycles. The number of hydrogen-bond acceptors (Lipinski definition) is 6. The zero-order valence-electron chi connectivity index (χ0n) is 13.1. The van der Waals surface area contributed by atoms with E-state index in [1.165, 1.54) is 14.0 Å². The number of carbonyl (C=O) groups excluding carboxylic acids is 3. The Morgan fingerprint density at radius 3 is 2.52 bits per heavy atom. The number of nitrogens with zero attached hydrogens (tertiary/aromatic N) is 1. The molecule has 1 rings (SSSR count). The molecule has 0 heterocycles. The lowest BCUT2D eigenvalue weighted by Gasteiger charge is -2.05. The summed E-state index contributed by atoms with van der Waals surface area (Å²) in [6.45, 7) is 2.82. The summed E-state index contributed by atoms with van der Waals surface area (Å²) < 4.78 is 4.64. The van der Waals surface area contributed by atoms with E-state index in [0.29, 0.717) is 11.3 Å². The molecule has 0 spiro atoms. The minimum Gasteiger partial charge on any atom is -0.501 e. The third-order valence-electron chi connectivity index (χ3n) is 2.81. The van der Waals surface area contributed by atoms with Crippen LogP contribution in [0.4, 0.5) is 5.69 Å². The number of ether oxygens (including phenoxy) is 1. The van der Waals surface area contributed by atoms with Crippen molar-refractivity contribution in [2.24, 2.45) is 4.99 Å². The van der Waals surface area contributed by atoms with Gasteiger partial charge in [0.1, 0.15) is 0 Å². The number of ketones is 1. The van der Waals surface area contributed by atoms with Gasteiger partial charge in [0.05, 0.1) is 23.4 Å². The van der Waals surface area contributed by atoms with Gasteiger partial charge in [0.25, 0.3) is 5.91 Å². The molecule has 0 aliphatic carbocycles. The van der Waals surface area contributed by atoms with Crippen molar-refractivity contribution in [3.8, 4) is 0 Å². The van der Waals surface area contributed by atoms with Crippen molar-refractivity contribution >= 4 is 29.6 Å². The summed E-state index contributed by atoms with van der Waals surface area (Å²) in [5.74, 6) is -2.73. The molecule has 7 nitrogen and oxygen atoms in total.